The van der Waals surface area contributed by atoms with Gasteiger partial charge in [-0.25, -0.2) is 9.59 Å². The van der Waals surface area contributed by atoms with Crippen molar-refractivity contribution in [3.05, 3.63) is 144 Å². The summed E-state index contributed by atoms with van der Waals surface area (Å²) in [5, 5.41) is 16.6. The number of Topliss-reactive ketones (excluding diaryl/α,β-unsaturated/α-hetero) is 1. The molecule has 78 heavy (non-hydrogen) atoms. The third-order valence-corrected chi connectivity index (χ3v) is 13.2. The highest BCUT2D eigenvalue weighted by Crippen LogP contribution is 2.23. The van der Waals surface area contributed by atoms with Crippen LogP contribution in [-0.2, 0) is 73.5 Å². The van der Waals surface area contributed by atoms with Crippen molar-refractivity contribution < 1.29 is 52.9 Å². The Hall–Kier alpha value is -6.67. The Morgan fingerprint density at radius 3 is 1.05 bits per heavy atom. The number of ketones is 1. The summed E-state index contributed by atoms with van der Waals surface area (Å²) in [5.41, 5.74) is 2.80. The van der Waals surface area contributed by atoms with E-state index in [2.05, 4.69) is 16.0 Å². The van der Waals surface area contributed by atoms with Gasteiger partial charge in [-0.1, -0.05) is 204 Å². The van der Waals surface area contributed by atoms with Crippen LogP contribution in [0.25, 0.3) is 0 Å². The van der Waals surface area contributed by atoms with Crippen LogP contribution in [0, 0.1) is 40.4 Å². The lowest BCUT2D eigenvalue weighted by atomic mass is 9.83. The van der Waals surface area contributed by atoms with Gasteiger partial charge in [0.05, 0.1) is 19.1 Å². The zero-order chi connectivity index (χ0) is 59.2. The summed E-state index contributed by atoms with van der Waals surface area (Å²) in [6, 6.07) is 35.6. The van der Waals surface area contributed by atoms with Gasteiger partial charge in [-0.3, -0.25) is 28.8 Å². The summed E-state index contributed by atoms with van der Waals surface area (Å²) in [5.74, 6) is -3.21. The minimum Gasteiger partial charge on any atom is -0.481 e. The maximum atomic E-state index is 13.3. The van der Waals surface area contributed by atoms with Gasteiger partial charge in [-0.2, -0.15) is 0 Å². The average Bonchev–Trinajstić information content (AvgIpc) is 3.38. The van der Waals surface area contributed by atoms with Crippen molar-refractivity contribution in [1.82, 2.24) is 16.0 Å². The van der Waals surface area contributed by atoms with E-state index in [1.54, 1.807) is 41.5 Å². The fraction of sp³-hybridized carbons (Fsp3) is 0.492. The van der Waals surface area contributed by atoms with Gasteiger partial charge < -0.3 is 30.5 Å². The minimum atomic E-state index is -0.845. The number of benzene rings is 4. The number of carboxylic acid groups (broad SMARTS) is 1. The van der Waals surface area contributed by atoms with Gasteiger partial charge in [0.25, 0.3) is 0 Å². The normalized spacial score (nSPS) is 13.3. The molecule has 0 bridgehead atoms. The molecule has 0 aliphatic carbocycles. The Bertz CT molecular complexity index is 2440. The zero-order valence-electron chi connectivity index (χ0n) is 48.5. The molecule has 0 fully saturated rings. The van der Waals surface area contributed by atoms with Gasteiger partial charge in [0.2, 0.25) is 23.0 Å². The summed E-state index contributed by atoms with van der Waals surface area (Å²) in [6.45, 7) is 26.1. The lowest BCUT2D eigenvalue weighted by Crippen LogP contribution is -2.54. The van der Waals surface area contributed by atoms with Crippen molar-refractivity contribution in [2.24, 2.45) is 40.4 Å². The standard InChI is InChI=1S/C26H34N2O4.C26H33NO4.C6H12O2.C5H9ClO/c1-5-32-26(31)23(17-21-14-10-7-11-15-21)28-25(30)22(16-20-12-8-6-9-13-20)27-24(29)19(4)18(2)3;1-5-31-25(30)22(17-20-14-10-7-11-15-20)27-24(29)21(18-23(28)26(2,3)4)16-19-12-8-6-9-13-19;1-4(2)5(3)6(7)8;1-5(2,3)4(6)7/h6-15,18-19,22-23H,5,16-17H2,1-4H3,(H,27,29)(H,28,30);6-15,21-22H,5,16-18H2,1-4H3,(H,27,29);4-5H,1-3H3,(H,7,8);1-3H3/t19-,22-,23-;21-,22+;5-;/m010./s1. The van der Waals surface area contributed by atoms with E-state index in [0.29, 0.717) is 25.7 Å². The molecule has 0 heterocycles. The van der Waals surface area contributed by atoms with Gasteiger partial charge >= 0.3 is 17.9 Å². The summed E-state index contributed by atoms with van der Waals surface area (Å²) in [6.07, 6.45) is 1.50. The molecule has 0 saturated carbocycles. The van der Waals surface area contributed by atoms with E-state index in [1.807, 2.05) is 177 Å². The van der Waals surface area contributed by atoms with E-state index < -0.39 is 53.3 Å². The molecule has 0 radical (unpaired) electrons. The molecule has 0 unspecified atom stereocenters. The van der Waals surface area contributed by atoms with Crippen molar-refractivity contribution in [3.63, 3.8) is 0 Å². The fourth-order valence-corrected chi connectivity index (χ4v) is 6.77. The molecule has 0 spiro atoms. The number of aliphatic carboxylic acids is 1. The van der Waals surface area contributed by atoms with Crippen LogP contribution in [0.15, 0.2) is 121 Å². The Labute approximate surface area is 469 Å². The van der Waals surface area contributed by atoms with Crippen LogP contribution in [0.3, 0.4) is 0 Å². The molecule has 0 aromatic heterocycles. The predicted molar refractivity (Wildman–Crippen MR) is 308 cm³/mol. The highest BCUT2D eigenvalue weighted by atomic mass is 35.5. The number of amides is 3. The van der Waals surface area contributed by atoms with Crippen LogP contribution in [-0.4, -0.2) is 83.1 Å². The molecule has 14 nitrogen and oxygen atoms in total. The van der Waals surface area contributed by atoms with Crippen molar-refractivity contribution in [2.75, 3.05) is 13.2 Å². The number of rotatable bonds is 23. The molecule has 428 valence electrons. The molecule has 6 atom stereocenters. The van der Waals surface area contributed by atoms with Crippen LogP contribution in [0.2, 0.25) is 0 Å². The Morgan fingerprint density at radius 1 is 0.462 bits per heavy atom. The Morgan fingerprint density at radius 2 is 0.769 bits per heavy atom. The second-order valence-electron chi connectivity index (χ2n) is 21.9. The minimum absolute atomic E-state index is 0.0133. The first-order valence-electron chi connectivity index (χ1n) is 26.9. The number of carbonyl (C=O) groups is 8. The van der Waals surface area contributed by atoms with Crippen molar-refractivity contribution in [3.8, 4) is 0 Å². The van der Waals surface area contributed by atoms with Crippen LogP contribution in [0.1, 0.15) is 126 Å². The molecule has 0 saturated heterocycles. The summed E-state index contributed by atoms with van der Waals surface area (Å²) >= 11 is 5.11. The lowest BCUT2D eigenvalue weighted by Gasteiger charge is -2.25. The number of hydrogen-bond acceptors (Lipinski definition) is 10. The first-order valence-corrected chi connectivity index (χ1v) is 27.3. The third-order valence-electron chi connectivity index (χ3n) is 12.6. The van der Waals surface area contributed by atoms with Gasteiger partial charge in [0, 0.05) is 48.3 Å². The number of esters is 2. The number of ether oxygens (including phenoxy) is 2. The highest BCUT2D eigenvalue weighted by molar-refractivity contribution is 6.64. The monoisotopic (exact) mass is 1100 g/mol. The number of hydrogen-bond donors (Lipinski definition) is 4. The molecule has 3 amide bonds. The molecule has 4 aromatic rings. The molecule has 4 N–H and O–H groups in total. The second-order valence-corrected chi connectivity index (χ2v) is 22.3. The Balaban J connectivity index is 0.000000617. The number of halogens is 1. The summed E-state index contributed by atoms with van der Waals surface area (Å²) in [7, 11) is 0. The zero-order valence-corrected chi connectivity index (χ0v) is 49.3. The van der Waals surface area contributed by atoms with Gasteiger partial charge in [-0.05, 0) is 66.0 Å². The fourth-order valence-electron chi connectivity index (χ4n) is 6.77. The Kier molecular flexibility index (Phi) is 31.7. The largest absolute Gasteiger partial charge is 0.481 e. The highest BCUT2D eigenvalue weighted by Gasteiger charge is 2.33. The molecular formula is C63H88ClN3O11. The van der Waals surface area contributed by atoms with Crippen molar-refractivity contribution in [1.29, 1.82) is 0 Å². The third kappa shape index (κ3) is 28.1. The number of carboxylic acids is 1. The summed E-state index contributed by atoms with van der Waals surface area (Å²) in [4.78, 5) is 97.4. The van der Waals surface area contributed by atoms with E-state index in [1.165, 1.54) is 0 Å². The van der Waals surface area contributed by atoms with Crippen LogP contribution >= 0.6 is 11.6 Å². The number of carbonyl (C=O) groups excluding carboxylic acids is 7. The van der Waals surface area contributed by atoms with E-state index in [9.17, 15) is 38.4 Å². The maximum absolute atomic E-state index is 13.3. The first kappa shape index (κ1) is 69.3. The van der Waals surface area contributed by atoms with E-state index in [0.717, 1.165) is 22.3 Å². The second kappa shape index (κ2) is 35.7. The predicted octanol–water partition coefficient (Wildman–Crippen LogP) is 10.6. The van der Waals surface area contributed by atoms with Gasteiger partial charge in [0.15, 0.2) is 0 Å². The molecule has 4 rings (SSSR count). The van der Waals surface area contributed by atoms with E-state index in [4.69, 9.17) is 26.2 Å². The molecule has 15 heteroatoms. The molecule has 0 aliphatic rings. The maximum Gasteiger partial charge on any atom is 0.328 e. The average molecular weight is 1100 g/mol. The van der Waals surface area contributed by atoms with Crippen LogP contribution in [0.4, 0.5) is 0 Å². The molecule has 0 aliphatic heterocycles. The molecular weight excluding hydrogens is 1010 g/mol. The van der Waals surface area contributed by atoms with Crippen LogP contribution < -0.4 is 16.0 Å². The van der Waals surface area contributed by atoms with Gasteiger partial charge in [0.1, 0.15) is 23.9 Å². The lowest BCUT2D eigenvalue weighted by molar-refractivity contribution is -0.148. The van der Waals surface area contributed by atoms with E-state index >= 15 is 0 Å². The van der Waals surface area contributed by atoms with Crippen LogP contribution in [0.5, 0.6) is 0 Å². The smallest absolute Gasteiger partial charge is 0.328 e. The topological polar surface area (TPSA) is 211 Å². The van der Waals surface area contributed by atoms with E-state index in [-0.39, 0.29) is 71.6 Å². The van der Waals surface area contributed by atoms with Gasteiger partial charge in [-0.15, -0.1) is 0 Å². The van der Waals surface area contributed by atoms with Crippen molar-refractivity contribution >= 4 is 58.3 Å². The first-order chi connectivity index (χ1) is 36.5. The number of nitrogens with one attached hydrogen (secondary N) is 3. The summed E-state index contributed by atoms with van der Waals surface area (Å²) < 4.78 is 10.4. The SMILES string of the molecule is CC(C)(C)C(=O)Cl.CC(C)[C@H](C)C(=O)O.CCOC(=O)[C@H](Cc1ccccc1)NC(=O)[C@@H](CC(=O)C(C)(C)C)Cc1ccccc1.CCOC(=O)[C@H](Cc1ccccc1)NC(=O)[C@H](Cc1ccccc1)NC(=O)[C@@H](C)C(C)C. The van der Waals surface area contributed by atoms with Crippen molar-refractivity contribution in [2.45, 2.75) is 147 Å². The quantitative estimate of drug-likeness (QED) is 0.0405. The molecule has 4 aromatic carbocycles.